The van der Waals surface area contributed by atoms with Gasteiger partial charge in [-0.15, -0.1) is 0 Å². The molecule has 0 unspecified atom stereocenters. The van der Waals surface area contributed by atoms with Crippen molar-refractivity contribution in [3.05, 3.63) is 41.6 Å². The number of nitriles is 1. The first-order valence-corrected chi connectivity index (χ1v) is 10.5. The highest BCUT2D eigenvalue weighted by atomic mass is 32.2. The number of nitrogens with zero attached hydrogens (tertiary/aromatic N) is 3. The molecule has 3 heterocycles. The van der Waals surface area contributed by atoms with Crippen molar-refractivity contribution in [2.75, 3.05) is 0 Å². The van der Waals surface area contributed by atoms with Crippen LogP contribution in [0.2, 0.25) is 0 Å². The summed E-state index contributed by atoms with van der Waals surface area (Å²) < 4.78 is 13.1. The van der Waals surface area contributed by atoms with Crippen LogP contribution in [0, 0.1) is 11.3 Å². The van der Waals surface area contributed by atoms with E-state index in [1.54, 1.807) is 6.07 Å². The normalized spacial score (nSPS) is 29.5. The van der Waals surface area contributed by atoms with Gasteiger partial charge in [0, 0.05) is 18.3 Å². The Kier molecular flexibility index (Phi) is 5.59. The van der Waals surface area contributed by atoms with Gasteiger partial charge in [0.1, 0.15) is 41.1 Å². The van der Waals surface area contributed by atoms with Crippen LogP contribution in [0.5, 0.6) is 0 Å². The summed E-state index contributed by atoms with van der Waals surface area (Å²) in [6.45, 7) is 3.75. The number of rotatable bonds is 2. The molecular formula is C21H23N3O6S. The van der Waals surface area contributed by atoms with Crippen molar-refractivity contribution in [2.45, 2.75) is 49.5 Å². The van der Waals surface area contributed by atoms with Gasteiger partial charge < -0.3 is 34.5 Å². The second kappa shape index (κ2) is 7.94. The maximum absolute atomic E-state index is 10.2. The van der Waals surface area contributed by atoms with E-state index in [1.165, 1.54) is 0 Å². The number of hydrogen-bond donors (Lipinski definition) is 4. The number of benzene rings is 1. The third kappa shape index (κ3) is 3.85. The van der Waals surface area contributed by atoms with Gasteiger partial charge in [-0.25, -0.2) is 4.99 Å². The second-order valence-electron chi connectivity index (χ2n) is 7.98. The van der Waals surface area contributed by atoms with Crippen molar-refractivity contribution >= 4 is 22.7 Å². The van der Waals surface area contributed by atoms with Gasteiger partial charge in [0.15, 0.2) is 6.29 Å². The van der Waals surface area contributed by atoms with Gasteiger partial charge in [-0.2, -0.15) is 5.26 Å². The van der Waals surface area contributed by atoms with E-state index in [0.717, 1.165) is 28.6 Å². The third-order valence-electron chi connectivity index (χ3n) is 5.49. The second-order valence-corrected chi connectivity index (χ2v) is 9.03. The maximum Gasteiger partial charge on any atom is 0.254 e. The number of ether oxygens (including phenoxy) is 2. The Hall–Kier alpha value is -2.39. The fourth-order valence-corrected chi connectivity index (χ4v) is 4.74. The van der Waals surface area contributed by atoms with E-state index in [1.807, 2.05) is 49.7 Å². The van der Waals surface area contributed by atoms with Crippen LogP contribution in [0.3, 0.4) is 0 Å². The lowest BCUT2D eigenvalue weighted by molar-refractivity contribution is -0.261. The molecule has 0 spiro atoms. The van der Waals surface area contributed by atoms with E-state index in [0.29, 0.717) is 11.4 Å². The van der Waals surface area contributed by atoms with Crippen molar-refractivity contribution < 1.29 is 29.9 Å². The molecular weight excluding hydrogens is 422 g/mol. The third-order valence-corrected chi connectivity index (χ3v) is 6.49. The summed E-state index contributed by atoms with van der Waals surface area (Å²) in [6.07, 6.45) is -6.23. The van der Waals surface area contributed by atoms with Gasteiger partial charge in [0.25, 0.3) is 5.23 Å². The minimum absolute atomic E-state index is 0.204. The zero-order chi connectivity index (χ0) is 22.5. The maximum atomic E-state index is 10.2. The Labute approximate surface area is 183 Å². The molecule has 2 aliphatic heterocycles. The first-order chi connectivity index (χ1) is 14.6. The first kappa shape index (κ1) is 21.8. The van der Waals surface area contributed by atoms with E-state index in [4.69, 9.17) is 9.47 Å². The number of aromatic nitrogens is 1. The average molecular weight is 445 g/mol. The molecule has 2 aromatic rings. The van der Waals surface area contributed by atoms with Crippen LogP contribution < -0.4 is 0 Å². The molecule has 1 aromatic heterocycles. The molecule has 0 aliphatic carbocycles. The molecule has 9 nitrogen and oxygen atoms in total. The van der Waals surface area contributed by atoms with E-state index in [2.05, 4.69) is 11.1 Å². The van der Waals surface area contributed by atoms with Gasteiger partial charge in [-0.3, -0.25) is 0 Å². The molecule has 1 fully saturated rings. The van der Waals surface area contributed by atoms with Gasteiger partial charge in [0.05, 0.1) is 5.69 Å². The number of aliphatic hydroxyl groups excluding tert-OH is 4. The molecule has 31 heavy (non-hydrogen) atoms. The molecule has 164 valence electrons. The summed E-state index contributed by atoms with van der Waals surface area (Å²) >= 11 is 0.919. The van der Waals surface area contributed by atoms with Crippen LogP contribution in [0.25, 0.3) is 11.3 Å². The largest absolute Gasteiger partial charge is 0.462 e. The summed E-state index contributed by atoms with van der Waals surface area (Å²) in [5, 5.41) is 48.9. The number of aliphatic imine (C=N–C) groups is 1. The molecule has 0 bridgehead atoms. The SMILES string of the molecule is Cn1c(C#N)ccc1-c1ccc2c(c1)C(C)(C)OC(S[C@@H]1O[C@H](O)[C@@H](O)[C@H](O)[C@H]1O)=N2. The topological polar surface area (TPSA) is 140 Å². The highest BCUT2D eigenvalue weighted by molar-refractivity contribution is 8.14. The van der Waals surface area contributed by atoms with E-state index in [9.17, 15) is 25.7 Å². The summed E-state index contributed by atoms with van der Waals surface area (Å²) in [7, 11) is 1.83. The van der Waals surface area contributed by atoms with Crippen LogP contribution in [-0.4, -0.2) is 60.3 Å². The highest BCUT2D eigenvalue weighted by Gasteiger charge is 2.45. The van der Waals surface area contributed by atoms with Crippen LogP contribution in [0.15, 0.2) is 35.3 Å². The molecule has 2 aliphatic rings. The molecule has 1 saturated heterocycles. The Morgan fingerprint density at radius 3 is 2.52 bits per heavy atom. The van der Waals surface area contributed by atoms with E-state index >= 15 is 0 Å². The van der Waals surface area contributed by atoms with Crippen LogP contribution >= 0.6 is 11.8 Å². The number of thioether (sulfide) groups is 1. The number of fused-ring (bicyclic) bond motifs is 1. The lowest BCUT2D eigenvalue weighted by Gasteiger charge is -2.39. The van der Waals surface area contributed by atoms with Crippen LogP contribution in [0.1, 0.15) is 25.1 Å². The minimum atomic E-state index is -1.63. The smallest absolute Gasteiger partial charge is 0.254 e. The summed E-state index contributed by atoms with van der Waals surface area (Å²) in [5.41, 5.74) is 2.03. The fourth-order valence-electron chi connectivity index (χ4n) is 3.66. The predicted octanol–water partition coefficient (Wildman–Crippen LogP) is 1.31. The molecule has 4 rings (SSSR count). The molecule has 0 amide bonds. The molecule has 5 atom stereocenters. The van der Waals surface area contributed by atoms with Gasteiger partial charge in [-0.1, -0.05) is 6.07 Å². The Morgan fingerprint density at radius 2 is 1.84 bits per heavy atom. The van der Waals surface area contributed by atoms with Crippen LogP contribution in [0.4, 0.5) is 5.69 Å². The fraction of sp³-hybridized carbons (Fsp3) is 0.429. The molecule has 1 aromatic carbocycles. The Bertz CT molecular complexity index is 1080. The molecule has 0 radical (unpaired) electrons. The van der Waals surface area contributed by atoms with Crippen molar-refractivity contribution in [3.63, 3.8) is 0 Å². The minimum Gasteiger partial charge on any atom is -0.462 e. The van der Waals surface area contributed by atoms with Crippen molar-refractivity contribution in [2.24, 2.45) is 12.0 Å². The molecule has 10 heteroatoms. The summed E-state index contributed by atoms with van der Waals surface area (Å²) in [5.74, 6) is 0. The predicted molar refractivity (Wildman–Crippen MR) is 113 cm³/mol. The van der Waals surface area contributed by atoms with E-state index < -0.39 is 35.6 Å². The highest BCUT2D eigenvalue weighted by Crippen LogP contribution is 2.42. The van der Waals surface area contributed by atoms with Crippen molar-refractivity contribution in [1.29, 1.82) is 5.26 Å². The zero-order valence-electron chi connectivity index (χ0n) is 17.1. The van der Waals surface area contributed by atoms with Crippen molar-refractivity contribution in [1.82, 2.24) is 4.57 Å². The molecule has 0 saturated carbocycles. The number of aliphatic hydroxyl groups is 4. The quantitative estimate of drug-likeness (QED) is 0.542. The average Bonchev–Trinajstić information content (AvgIpc) is 3.10. The lowest BCUT2D eigenvalue weighted by Crippen LogP contribution is -2.56. The molecule has 4 N–H and O–H groups in total. The standard InChI is InChI=1S/C21H23N3O6S/c1-21(2)12-8-10(14-7-5-11(9-22)24(14)3)4-6-13(12)23-20(30-21)31-19-17(27)15(25)16(26)18(28)29-19/h4-8,15-19,25-28H,1-3H3/t15-,16-,17+,18-,19-/m0/s1. The van der Waals surface area contributed by atoms with E-state index in [-0.39, 0.29) is 5.23 Å². The van der Waals surface area contributed by atoms with Gasteiger partial charge >= 0.3 is 0 Å². The zero-order valence-corrected chi connectivity index (χ0v) is 17.9. The van der Waals surface area contributed by atoms with Gasteiger partial charge in [-0.05, 0) is 55.4 Å². The Balaban J connectivity index is 1.64. The summed E-state index contributed by atoms with van der Waals surface area (Å²) in [6, 6.07) is 11.5. The Morgan fingerprint density at radius 1 is 1.10 bits per heavy atom. The van der Waals surface area contributed by atoms with Gasteiger partial charge in [0.2, 0.25) is 0 Å². The number of hydrogen-bond acceptors (Lipinski definition) is 9. The first-order valence-electron chi connectivity index (χ1n) is 9.65. The monoisotopic (exact) mass is 445 g/mol. The lowest BCUT2D eigenvalue weighted by atomic mass is 9.93. The van der Waals surface area contributed by atoms with Crippen molar-refractivity contribution in [3.8, 4) is 17.3 Å². The van der Waals surface area contributed by atoms with Crippen LogP contribution in [-0.2, 0) is 22.1 Å². The summed E-state index contributed by atoms with van der Waals surface area (Å²) in [4.78, 5) is 4.50.